The number of benzene rings is 1. The van der Waals surface area contributed by atoms with Crippen LogP contribution in [0.25, 0.3) is 0 Å². The van der Waals surface area contributed by atoms with E-state index in [9.17, 15) is 15.3 Å². The van der Waals surface area contributed by atoms with Crippen LogP contribution in [0.15, 0.2) is 30.3 Å². The van der Waals surface area contributed by atoms with E-state index in [1.807, 2.05) is 30.3 Å². The Bertz CT molecular complexity index is 384. The zero-order chi connectivity index (χ0) is 13.8. The van der Waals surface area contributed by atoms with Crippen LogP contribution in [0.1, 0.15) is 5.56 Å². The predicted octanol–water partition coefficient (Wildman–Crippen LogP) is -0.997. The summed E-state index contributed by atoms with van der Waals surface area (Å²) in [7, 11) is 0. The Balaban J connectivity index is 1.91. The van der Waals surface area contributed by atoms with Gasteiger partial charge in [0.05, 0.1) is 13.2 Å². The van der Waals surface area contributed by atoms with E-state index in [4.69, 9.17) is 14.6 Å². The van der Waals surface area contributed by atoms with E-state index in [2.05, 4.69) is 0 Å². The first kappa shape index (κ1) is 14.4. The summed E-state index contributed by atoms with van der Waals surface area (Å²) in [5.41, 5.74) is 0.902. The molecule has 1 aliphatic rings. The first-order valence-corrected chi connectivity index (χ1v) is 6.09. The van der Waals surface area contributed by atoms with Crippen molar-refractivity contribution in [2.24, 2.45) is 0 Å². The van der Waals surface area contributed by atoms with E-state index in [0.29, 0.717) is 0 Å². The first-order chi connectivity index (χ1) is 9.13. The molecule has 4 N–H and O–H groups in total. The summed E-state index contributed by atoms with van der Waals surface area (Å²) in [6, 6.07) is 9.31. The molecule has 0 amide bonds. The van der Waals surface area contributed by atoms with Gasteiger partial charge >= 0.3 is 0 Å². The zero-order valence-electron chi connectivity index (χ0n) is 10.3. The monoisotopic (exact) mass is 270 g/mol. The van der Waals surface area contributed by atoms with Crippen molar-refractivity contribution in [1.82, 2.24) is 0 Å². The van der Waals surface area contributed by atoms with E-state index < -0.39 is 37.3 Å². The number of hydrogen-bond donors (Lipinski definition) is 4. The zero-order valence-corrected chi connectivity index (χ0v) is 10.3. The fraction of sp³-hybridized carbons (Fsp3) is 0.538. The molecule has 0 aliphatic carbocycles. The summed E-state index contributed by atoms with van der Waals surface area (Å²) >= 11 is 0. The second-order valence-electron chi connectivity index (χ2n) is 4.50. The van der Waals surface area contributed by atoms with Crippen molar-refractivity contribution in [3.63, 3.8) is 0 Å². The third-order valence-corrected chi connectivity index (χ3v) is 3.08. The lowest BCUT2D eigenvalue weighted by Gasteiger charge is -2.18. The molecule has 0 spiro atoms. The van der Waals surface area contributed by atoms with Gasteiger partial charge < -0.3 is 29.9 Å². The van der Waals surface area contributed by atoms with Gasteiger partial charge in [-0.2, -0.15) is 0 Å². The van der Waals surface area contributed by atoms with Gasteiger partial charge in [-0.15, -0.1) is 0 Å². The Labute approximate surface area is 110 Å². The van der Waals surface area contributed by atoms with Gasteiger partial charge in [0.2, 0.25) is 0 Å². The molecule has 1 saturated heterocycles. The Morgan fingerprint density at radius 1 is 1.16 bits per heavy atom. The highest BCUT2D eigenvalue weighted by Crippen LogP contribution is 2.25. The van der Waals surface area contributed by atoms with Crippen molar-refractivity contribution in [3.05, 3.63) is 35.9 Å². The lowest BCUT2D eigenvalue weighted by Crippen LogP contribution is -2.40. The maximum absolute atomic E-state index is 9.76. The fourth-order valence-corrected chi connectivity index (χ4v) is 1.98. The standard InChI is InChI=1S/C13H18O6/c14-6-9(15)12-10(16)11(17)13(19-12)18-7-8-4-2-1-3-5-8/h1-5,9-17H,6-7H2/t9-,10-,11-,12-,13+/m1/s1. The molecule has 1 aromatic rings. The van der Waals surface area contributed by atoms with Gasteiger partial charge in [0.1, 0.15) is 24.4 Å². The molecule has 0 unspecified atom stereocenters. The maximum Gasteiger partial charge on any atom is 0.187 e. The van der Waals surface area contributed by atoms with E-state index >= 15 is 0 Å². The summed E-state index contributed by atoms with van der Waals surface area (Å²) in [6.45, 7) is -0.336. The molecule has 0 bridgehead atoms. The molecular weight excluding hydrogens is 252 g/mol. The lowest BCUT2D eigenvalue weighted by atomic mass is 10.1. The van der Waals surface area contributed by atoms with Gasteiger partial charge in [0.25, 0.3) is 0 Å². The number of aliphatic hydroxyl groups is 4. The molecule has 2 rings (SSSR count). The van der Waals surface area contributed by atoms with Crippen LogP contribution >= 0.6 is 0 Å². The van der Waals surface area contributed by atoms with E-state index in [1.165, 1.54) is 0 Å². The fourth-order valence-electron chi connectivity index (χ4n) is 1.98. The van der Waals surface area contributed by atoms with Crippen LogP contribution in [0.2, 0.25) is 0 Å². The van der Waals surface area contributed by atoms with Gasteiger partial charge in [0.15, 0.2) is 6.29 Å². The topological polar surface area (TPSA) is 99.4 Å². The minimum Gasteiger partial charge on any atom is -0.394 e. The summed E-state index contributed by atoms with van der Waals surface area (Å²) in [5.74, 6) is 0. The first-order valence-electron chi connectivity index (χ1n) is 6.09. The molecule has 0 aromatic heterocycles. The highest BCUT2D eigenvalue weighted by Gasteiger charge is 2.46. The quantitative estimate of drug-likeness (QED) is 0.548. The van der Waals surface area contributed by atoms with Crippen molar-refractivity contribution in [3.8, 4) is 0 Å². The SMILES string of the molecule is OC[C@@H](O)[C@H]1O[C@H](OCc2ccccc2)[C@H](O)[C@H]1O. The average molecular weight is 270 g/mol. The highest BCUT2D eigenvalue weighted by atomic mass is 16.7. The van der Waals surface area contributed by atoms with E-state index in [-0.39, 0.29) is 6.61 Å². The molecule has 1 heterocycles. The average Bonchev–Trinajstić information content (AvgIpc) is 2.73. The van der Waals surface area contributed by atoms with Crippen molar-refractivity contribution in [1.29, 1.82) is 0 Å². The van der Waals surface area contributed by atoms with Gasteiger partial charge in [-0.05, 0) is 5.56 Å². The molecule has 0 radical (unpaired) electrons. The minimum atomic E-state index is -1.29. The third-order valence-electron chi connectivity index (χ3n) is 3.08. The normalized spacial score (nSPS) is 32.4. The predicted molar refractivity (Wildman–Crippen MR) is 65.0 cm³/mol. The van der Waals surface area contributed by atoms with Crippen molar-refractivity contribution in [2.75, 3.05) is 6.61 Å². The number of rotatable bonds is 5. The van der Waals surface area contributed by atoms with Crippen LogP contribution < -0.4 is 0 Å². The Kier molecular flexibility index (Phi) is 4.87. The van der Waals surface area contributed by atoms with Crippen LogP contribution in [0.5, 0.6) is 0 Å². The van der Waals surface area contributed by atoms with Crippen LogP contribution in [-0.2, 0) is 16.1 Å². The number of aliphatic hydroxyl groups excluding tert-OH is 4. The molecule has 6 heteroatoms. The molecule has 106 valence electrons. The van der Waals surface area contributed by atoms with E-state index in [0.717, 1.165) is 5.56 Å². The van der Waals surface area contributed by atoms with Crippen LogP contribution in [0.4, 0.5) is 0 Å². The molecule has 0 saturated carbocycles. The van der Waals surface area contributed by atoms with Crippen LogP contribution in [0.3, 0.4) is 0 Å². The summed E-state index contributed by atoms with van der Waals surface area (Å²) in [4.78, 5) is 0. The van der Waals surface area contributed by atoms with Gasteiger partial charge in [-0.3, -0.25) is 0 Å². The van der Waals surface area contributed by atoms with Crippen LogP contribution in [0, 0.1) is 0 Å². The summed E-state index contributed by atoms with van der Waals surface area (Å²) in [6.07, 6.45) is -5.88. The highest BCUT2D eigenvalue weighted by molar-refractivity contribution is 5.13. The Morgan fingerprint density at radius 3 is 2.47 bits per heavy atom. The Hall–Kier alpha value is -1.02. The lowest BCUT2D eigenvalue weighted by molar-refractivity contribution is -0.186. The minimum absolute atomic E-state index is 0.219. The second kappa shape index (κ2) is 6.42. The largest absolute Gasteiger partial charge is 0.394 e. The molecule has 1 aliphatic heterocycles. The van der Waals surface area contributed by atoms with E-state index in [1.54, 1.807) is 0 Å². The molecule has 6 nitrogen and oxygen atoms in total. The number of hydrogen-bond acceptors (Lipinski definition) is 6. The Morgan fingerprint density at radius 2 is 1.84 bits per heavy atom. The van der Waals surface area contributed by atoms with Gasteiger partial charge in [0, 0.05) is 0 Å². The van der Waals surface area contributed by atoms with Crippen molar-refractivity contribution >= 4 is 0 Å². The van der Waals surface area contributed by atoms with Crippen molar-refractivity contribution in [2.45, 2.75) is 37.3 Å². The summed E-state index contributed by atoms with van der Waals surface area (Å²) < 4.78 is 10.6. The molecule has 19 heavy (non-hydrogen) atoms. The molecule has 1 fully saturated rings. The van der Waals surface area contributed by atoms with Gasteiger partial charge in [-0.1, -0.05) is 30.3 Å². The molecule has 1 aromatic carbocycles. The number of ether oxygens (including phenoxy) is 2. The summed E-state index contributed by atoms with van der Waals surface area (Å²) in [5, 5.41) is 37.7. The van der Waals surface area contributed by atoms with Crippen molar-refractivity contribution < 1.29 is 29.9 Å². The van der Waals surface area contributed by atoms with Crippen LogP contribution in [-0.4, -0.2) is 57.7 Å². The maximum atomic E-state index is 9.76. The second-order valence-corrected chi connectivity index (χ2v) is 4.50. The smallest absolute Gasteiger partial charge is 0.187 e. The molecule has 5 atom stereocenters. The molecular formula is C13H18O6. The van der Waals surface area contributed by atoms with Gasteiger partial charge in [-0.25, -0.2) is 0 Å². The third kappa shape index (κ3) is 3.30.